The average molecular weight is 1810 g/mol. The van der Waals surface area contributed by atoms with Crippen LogP contribution >= 0.6 is 45.3 Å². The Balaban J connectivity index is 0.000000117. The van der Waals surface area contributed by atoms with Gasteiger partial charge in [-0.2, -0.15) is 0 Å². The number of halogens is 1. The number of aromatic nitrogens is 8. The van der Waals surface area contributed by atoms with Crippen molar-refractivity contribution in [1.82, 2.24) is 64.8 Å². The standard InChI is InChI=1S/C27H30N6O4S.C27H23N5OS.C22H21N5OS.C21H18FN5OS/c1-36-12-9-28-8-7-24(34)30-19-3-2-4-20(15-19)31-27-29-17-18-5-6-22-21(25(18)32-27)16-23(38-22)26(35)33-10-13-37-14-11-33;28-20-11-12-32(16-20)26(33)24-14-22-23(34-24)10-9-19-15-29-27(31-25(19)22)30-21-8-4-7-18(13-21)17-5-2-1-3-6-17;1-13-4-2-3-5-17(13)25-22-24-11-14-6-7-18-16(20(14)26-22)10-19(29-18)21(28)27-9-8-15(23)12-27;22-13-2-1-3-15(8-13)25-21-24-10-12-4-5-17-16(19(12)26-21)9-18(29-17)20(28)27-7-6-14(23)11-27/h2-6,15-17,28H,7-14H2,1H3,(H,30,34)(H,29,31,32);1-10,13-15,20H,11-12,16,28H2,(H,29,30,31);2-7,10-11,15H,8-9,12,23H2,1H3,(H,24,25,26);1-5,8-10,14H,6-7,11,23H2,(H,24,25,26). The molecule has 4 fully saturated rings. The van der Waals surface area contributed by atoms with Crippen LogP contribution in [0.3, 0.4) is 0 Å². The predicted molar refractivity (Wildman–Crippen MR) is 519 cm³/mol. The number of para-hydroxylation sites is 1. The second-order valence-corrected chi connectivity index (χ2v) is 36.4. The van der Waals surface area contributed by atoms with Gasteiger partial charge in [0.05, 0.1) is 61.4 Å². The molecule has 130 heavy (non-hydrogen) atoms. The van der Waals surface area contributed by atoms with Crippen molar-refractivity contribution in [3.8, 4) is 11.1 Å². The van der Waals surface area contributed by atoms with Gasteiger partial charge in [-0.15, -0.1) is 45.3 Å². The highest BCUT2D eigenvalue weighted by molar-refractivity contribution is 7.22. The number of carbonyl (C=O) groups is 5. The Morgan fingerprint density at radius 2 is 0.815 bits per heavy atom. The number of nitrogens with zero attached hydrogens (tertiary/aromatic N) is 12. The maximum atomic E-state index is 13.4. The van der Waals surface area contributed by atoms with E-state index >= 15 is 0 Å². The number of rotatable bonds is 20. The van der Waals surface area contributed by atoms with Gasteiger partial charge in [-0.3, -0.25) is 24.0 Å². The normalized spacial score (nSPS) is 15.5. The summed E-state index contributed by atoms with van der Waals surface area (Å²) in [6.07, 6.45) is 10.1. The van der Waals surface area contributed by atoms with Gasteiger partial charge in [0, 0.05) is 212 Å². The van der Waals surface area contributed by atoms with Gasteiger partial charge < -0.3 is 78.2 Å². The molecular formula is C97H92FN21O7S4. The molecule has 0 bridgehead atoms. The van der Waals surface area contributed by atoms with Crippen molar-refractivity contribution in [3.05, 3.63) is 256 Å². The molecule has 0 aliphatic carbocycles. The first-order chi connectivity index (χ1) is 63.4. The van der Waals surface area contributed by atoms with Crippen LogP contribution in [0.2, 0.25) is 0 Å². The van der Waals surface area contributed by atoms with Crippen LogP contribution in [0.5, 0.6) is 0 Å². The van der Waals surface area contributed by atoms with E-state index in [9.17, 15) is 28.4 Å². The van der Waals surface area contributed by atoms with Crippen molar-refractivity contribution in [2.24, 2.45) is 17.2 Å². The first-order valence-electron chi connectivity index (χ1n) is 42.8. The minimum Gasteiger partial charge on any atom is -0.383 e. The molecule has 12 heterocycles. The maximum Gasteiger partial charge on any atom is 0.264 e. The number of methoxy groups -OCH3 is 1. The highest BCUT2D eigenvalue weighted by atomic mass is 32.1. The molecule has 21 rings (SSSR count). The Kier molecular flexibility index (Phi) is 26.5. The van der Waals surface area contributed by atoms with E-state index in [2.05, 4.69) is 81.1 Å². The topological polar surface area (TPSA) is 370 Å². The summed E-state index contributed by atoms with van der Waals surface area (Å²) in [4.78, 5) is 111. The zero-order chi connectivity index (χ0) is 89.3. The molecule has 12 N–H and O–H groups in total. The Morgan fingerprint density at radius 1 is 0.423 bits per heavy atom. The van der Waals surface area contributed by atoms with Crippen molar-refractivity contribution in [2.75, 3.05) is 119 Å². The number of aryl methyl sites for hydroxylation is 1. The molecule has 3 atom stereocenters. The lowest BCUT2D eigenvalue weighted by Crippen LogP contribution is -2.40. The lowest BCUT2D eigenvalue weighted by Gasteiger charge is -2.26. The first-order valence-corrected chi connectivity index (χ1v) is 46.1. The molecule has 4 saturated heterocycles. The molecule has 658 valence electrons. The van der Waals surface area contributed by atoms with Gasteiger partial charge in [0.1, 0.15) is 5.82 Å². The molecule has 8 aromatic heterocycles. The second kappa shape index (κ2) is 39.6. The number of nitrogens with one attached hydrogen (secondary N) is 6. The number of benzene rings is 9. The van der Waals surface area contributed by atoms with Crippen LogP contribution in [0.15, 0.2) is 225 Å². The molecule has 28 nitrogen and oxygen atoms in total. The van der Waals surface area contributed by atoms with Gasteiger partial charge in [0.15, 0.2) is 0 Å². The summed E-state index contributed by atoms with van der Waals surface area (Å²) < 4.78 is 27.9. The predicted octanol–water partition coefficient (Wildman–Crippen LogP) is 17.0. The molecule has 0 spiro atoms. The van der Waals surface area contributed by atoms with E-state index in [0.717, 1.165) is 153 Å². The van der Waals surface area contributed by atoms with Gasteiger partial charge in [0.25, 0.3) is 23.6 Å². The highest BCUT2D eigenvalue weighted by Gasteiger charge is 2.31. The molecule has 3 unspecified atom stereocenters. The number of anilines is 9. The summed E-state index contributed by atoms with van der Waals surface area (Å²) in [6.45, 7) is 10.3. The minimum atomic E-state index is -0.333. The van der Waals surface area contributed by atoms with Crippen molar-refractivity contribution in [2.45, 2.75) is 50.7 Å². The lowest BCUT2D eigenvalue weighted by molar-refractivity contribution is -0.116. The van der Waals surface area contributed by atoms with E-state index in [1.165, 1.54) is 57.5 Å². The van der Waals surface area contributed by atoms with Crippen LogP contribution in [0.1, 0.15) is 69.9 Å². The molecule has 0 saturated carbocycles. The average Bonchev–Trinajstić information content (AvgIpc) is 1.63. The van der Waals surface area contributed by atoms with Gasteiger partial charge in [-0.1, -0.05) is 72.8 Å². The Morgan fingerprint density at radius 3 is 1.25 bits per heavy atom. The summed E-state index contributed by atoms with van der Waals surface area (Å²) in [6, 6.07) is 64.0. The SMILES string of the molecule is COCCNCCC(=O)Nc1cccc(Nc2ncc3ccc4sc(C(=O)N5CCOCC5)cc4c3n2)c1.Cc1ccccc1Nc1ncc2ccc3sc(C(=O)N4CCC(N)C4)cc3c2n1.NC1CCN(C(=O)c2cc3c(ccc4cnc(Nc5cccc(-c6ccccc6)c5)nc43)s2)C1.NC1CCN(C(=O)c2cc3c(ccc4cnc(Nc5cccc(F)c5)nc43)s2)C1. The number of ether oxygens (including phenoxy) is 2. The third-order valence-corrected chi connectivity index (χ3v) is 27.1. The minimum absolute atomic E-state index is 0.0134. The van der Waals surface area contributed by atoms with Crippen LogP contribution in [0, 0.1) is 12.7 Å². The number of carbonyl (C=O) groups excluding carboxylic acids is 5. The molecule has 5 amide bonds. The van der Waals surface area contributed by atoms with Crippen LogP contribution in [0.4, 0.5) is 56.6 Å². The van der Waals surface area contributed by atoms with Crippen LogP contribution in [-0.4, -0.2) is 200 Å². The van der Waals surface area contributed by atoms with Gasteiger partial charge in [-0.25, -0.2) is 44.3 Å². The number of morpholine rings is 1. The molecule has 4 aliphatic heterocycles. The summed E-state index contributed by atoms with van der Waals surface area (Å²) in [5.74, 6) is 1.62. The van der Waals surface area contributed by atoms with E-state index < -0.39 is 0 Å². The third kappa shape index (κ3) is 20.3. The summed E-state index contributed by atoms with van der Waals surface area (Å²) >= 11 is 5.95. The zero-order valence-corrected chi connectivity index (χ0v) is 74.3. The molecule has 33 heteroatoms. The number of likely N-dealkylation sites (tertiary alicyclic amines) is 3. The quantitative estimate of drug-likeness (QED) is 0.0320. The summed E-state index contributed by atoms with van der Waals surface area (Å²) in [7, 11) is 1.65. The van der Waals surface area contributed by atoms with Crippen LogP contribution in [-0.2, 0) is 14.3 Å². The highest BCUT2D eigenvalue weighted by Crippen LogP contribution is 2.39. The number of amides is 5. The smallest absolute Gasteiger partial charge is 0.264 e. The number of hydrogen-bond donors (Lipinski definition) is 9. The number of hydrogen-bond acceptors (Lipinski definition) is 27. The second-order valence-electron chi connectivity index (χ2n) is 32.1. The van der Waals surface area contributed by atoms with Gasteiger partial charge >= 0.3 is 0 Å². The molecule has 0 radical (unpaired) electrons. The molecule has 17 aromatic rings. The Bertz CT molecular complexity index is 7090. The fourth-order valence-electron chi connectivity index (χ4n) is 16.0. The van der Waals surface area contributed by atoms with Crippen LogP contribution < -0.4 is 49.1 Å². The van der Waals surface area contributed by atoms with Crippen molar-refractivity contribution < 1.29 is 37.8 Å². The maximum absolute atomic E-state index is 13.4. The van der Waals surface area contributed by atoms with Crippen molar-refractivity contribution in [3.63, 3.8) is 0 Å². The van der Waals surface area contributed by atoms with E-state index in [1.54, 1.807) is 31.6 Å². The monoisotopic (exact) mass is 1810 g/mol. The molecule has 4 aliphatic rings. The van der Waals surface area contributed by atoms with Gasteiger partial charge in [0.2, 0.25) is 29.7 Å². The summed E-state index contributed by atoms with van der Waals surface area (Å²) in [5, 5.41) is 26.4. The summed E-state index contributed by atoms with van der Waals surface area (Å²) in [5.41, 5.74) is 28.4. The number of fused-ring (bicyclic) bond motifs is 12. The lowest BCUT2D eigenvalue weighted by atomic mass is 10.1. The Hall–Kier alpha value is -13.6. The van der Waals surface area contributed by atoms with Gasteiger partial charge in [-0.05, 0) is 170 Å². The van der Waals surface area contributed by atoms with E-state index in [4.69, 9.17) is 41.6 Å². The van der Waals surface area contributed by atoms with E-state index in [0.29, 0.717) is 130 Å². The largest absolute Gasteiger partial charge is 0.383 e. The first kappa shape index (κ1) is 87.1. The fraction of sp³-hybridized carbons (Fsp3) is 0.227. The number of thiophene rings is 4. The van der Waals surface area contributed by atoms with E-state index in [-0.39, 0.29) is 53.5 Å². The molecular weight excluding hydrogens is 1720 g/mol. The van der Waals surface area contributed by atoms with Crippen molar-refractivity contribution in [1.29, 1.82) is 0 Å². The fourth-order valence-corrected chi connectivity index (χ4v) is 20.1. The van der Waals surface area contributed by atoms with Crippen LogP contribution in [0.25, 0.3) is 95.1 Å². The Labute approximate surface area is 762 Å². The van der Waals surface area contributed by atoms with E-state index in [1.807, 2.05) is 191 Å². The third-order valence-electron chi connectivity index (χ3n) is 22.8. The van der Waals surface area contributed by atoms with Crippen molar-refractivity contribution >= 4 is 211 Å². The zero-order valence-electron chi connectivity index (χ0n) is 71.1. The number of nitrogens with two attached hydrogens (primary N) is 3. The molecule has 9 aromatic carbocycles.